The van der Waals surface area contributed by atoms with E-state index in [2.05, 4.69) is 10.3 Å². The highest BCUT2D eigenvalue weighted by atomic mass is 32.2. The number of rotatable bonds is 7. The molecule has 0 aliphatic carbocycles. The van der Waals surface area contributed by atoms with Crippen molar-refractivity contribution in [3.8, 4) is 0 Å². The van der Waals surface area contributed by atoms with Crippen LogP contribution in [-0.4, -0.2) is 59.7 Å². The fraction of sp³-hybridized carbons (Fsp3) is 0.421. The number of ether oxygens (including phenoxy) is 1. The first-order valence-electron chi connectivity index (χ1n) is 9.54. The van der Waals surface area contributed by atoms with Crippen molar-refractivity contribution in [1.82, 2.24) is 13.9 Å². The zero-order chi connectivity index (χ0) is 21.7. The van der Waals surface area contributed by atoms with Gasteiger partial charge in [0.15, 0.2) is 5.16 Å². The number of carbonyl (C=O) groups is 1. The second-order valence-electron chi connectivity index (χ2n) is 6.63. The van der Waals surface area contributed by atoms with Crippen LogP contribution in [0.3, 0.4) is 0 Å². The molecule has 11 heteroatoms. The minimum Gasteiger partial charge on any atom is -0.379 e. The predicted octanol–water partition coefficient (Wildman–Crippen LogP) is 1.40. The predicted molar refractivity (Wildman–Crippen MR) is 114 cm³/mol. The van der Waals surface area contributed by atoms with Crippen molar-refractivity contribution in [1.29, 1.82) is 0 Å². The lowest BCUT2D eigenvalue weighted by molar-refractivity contribution is -0.115. The molecule has 0 bridgehead atoms. The molecule has 9 nitrogen and oxygen atoms in total. The minimum absolute atomic E-state index is 0.118. The SMILES string of the molecule is CCn1ccc(=O)nc1S[C@H](C)C(=O)Nc1cccc(S(=O)(=O)N2CCOCC2)c1. The number of hydrogen-bond donors (Lipinski definition) is 1. The highest BCUT2D eigenvalue weighted by Crippen LogP contribution is 2.24. The van der Waals surface area contributed by atoms with Gasteiger partial charge in [0.2, 0.25) is 15.9 Å². The number of benzene rings is 1. The lowest BCUT2D eigenvalue weighted by Crippen LogP contribution is -2.40. The number of sulfonamides is 1. The van der Waals surface area contributed by atoms with Gasteiger partial charge in [-0.25, -0.2) is 8.42 Å². The van der Waals surface area contributed by atoms with E-state index in [1.54, 1.807) is 29.8 Å². The van der Waals surface area contributed by atoms with Gasteiger partial charge in [-0.05, 0) is 32.0 Å². The van der Waals surface area contributed by atoms with Crippen LogP contribution < -0.4 is 10.9 Å². The van der Waals surface area contributed by atoms with Gasteiger partial charge >= 0.3 is 0 Å². The molecular formula is C19H24N4O5S2. The third kappa shape index (κ3) is 5.28. The summed E-state index contributed by atoms with van der Waals surface area (Å²) in [6.45, 7) is 5.56. The molecular weight excluding hydrogens is 428 g/mol. The molecule has 0 spiro atoms. The van der Waals surface area contributed by atoms with Gasteiger partial charge in [-0.1, -0.05) is 17.8 Å². The van der Waals surface area contributed by atoms with Gasteiger partial charge in [-0.15, -0.1) is 0 Å². The monoisotopic (exact) mass is 452 g/mol. The van der Waals surface area contributed by atoms with E-state index in [1.807, 2.05) is 6.92 Å². The number of nitrogens with zero attached hydrogens (tertiary/aromatic N) is 3. The third-order valence-corrected chi connectivity index (χ3v) is 7.55. The Morgan fingerprint density at radius 2 is 2.03 bits per heavy atom. The van der Waals surface area contributed by atoms with Crippen molar-refractivity contribution < 1.29 is 17.9 Å². The molecule has 1 aromatic carbocycles. The van der Waals surface area contributed by atoms with Gasteiger partial charge in [0.05, 0.1) is 23.4 Å². The second-order valence-corrected chi connectivity index (χ2v) is 9.87. The molecule has 1 saturated heterocycles. The molecule has 2 heterocycles. The van der Waals surface area contributed by atoms with E-state index in [0.29, 0.717) is 43.7 Å². The number of thioether (sulfide) groups is 1. The normalized spacial score (nSPS) is 16.2. The Balaban J connectivity index is 1.72. The molecule has 1 fully saturated rings. The van der Waals surface area contributed by atoms with Gasteiger partial charge in [0.1, 0.15) is 0 Å². The molecule has 3 rings (SSSR count). The van der Waals surface area contributed by atoms with Gasteiger partial charge in [-0.3, -0.25) is 9.59 Å². The van der Waals surface area contributed by atoms with Gasteiger partial charge in [0.25, 0.3) is 5.56 Å². The second kappa shape index (κ2) is 9.73. The highest BCUT2D eigenvalue weighted by Gasteiger charge is 2.26. The van der Waals surface area contributed by atoms with Crippen LogP contribution in [-0.2, 0) is 26.1 Å². The Labute approximate surface area is 179 Å². The maximum Gasteiger partial charge on any atom is 0.273 e. The van der Waals surface area contributed by atoms with Crippen molar-refractivity contribution in [2.75, 3.05) is 31.6 Å². The zero-order valence-corrected chi connectivity index (χ0v) is 18.4. The number of aryl methyl sites for hydroxylation is 1. The molecule has 0 radical (unpaired) electrons. The van der Waals surface area contributed by atoms with E-state index < -0.39 is 15.3 Å². The number of amides is 1. The van der Waals surface area contributed by atoms with Crippen molar-refractivity contribution >= 4 is 33.4 Å². The van der Waals surface area contributed by atoms with Crippen molar-refractivity contribution in [3.05, 3.63) is 46.9 Å². The summed E-state index contributed by atoms with van der Waals surface area (Å²) in [6, 6.07) is 7.55. The number of carbonyl (C=O) groups excluding carboxylic acids is 1. The van der Waals surface area contributed by atoms with Crippen LogP contribution in [0.5, 0.6) is 0 Å². The van der Waals surface area contributed by atoms with Crippen LogP contribution in [0.25, 0.3) is 0 Å². The minimum atomic E-state index is -3.65. The van der Waals surface area contributed by atoms with E-state index in [-0.39, 0.29) is 16.4 Å². The van der Waals surface area contributed by atoms with E-state index >= 15 is 0 Å². The van der Waals surface area contributed by atoms with E-state index in [9.17, 15) is 18.0 Å². The van der Waals surface area contributed by atoms with Crippen molar-refractivity contribution in [3.63, 3.8) is 0 Å². The topological polar surface area (TPSA) is 111 Å². The third-order valence-electron chi connectivity index (χ3n) is 4.55. The average Bonchev–Trinajstić information content (AvgIpc) is 2.74. The van der Waals surface area contributed by atoms with Crippen LogP contribution >= 0.6 is 11.8 Å². The van der Waals surface area contributed by atoms with E-state index in [4.69, 9.17) is 4.74 Å². The van der Waals surface area contributed by atoms with Gasteiger partial charge in [0, 0.05) is 37.6 Å². The fourth-order valence-electron chi connectivity index (χ4n) is 2.87. The molecule has 30 heavy (non-hydrogen) atoms. The quantitative estimate of drug-likeness (QED) is 0.499. The Morgan fingerprint density at radius 3 is 2.73 bits per heavy atom. The van der Waals surface area contributed by atoms with Crippen molar-refractivity contribution in [2.24, 2.45) is 0 Å². The first-order valence-corrected chi connectivity index (χ1v) is 11.9. The summed E-state index contributed by atoms with van der Waals surface area (Å²) < 4.78 is 34.0. The van der Waals surface area contributed by atoms with Crippen LogP contribution in [0.15, 0.2) is 51.4 Å². The molecule has 162 valence electrons. The molecule has 1 atom stereocenters. The first kappa shape index (κ1) is 22.5. The lowest BCUT2D eigenvalue weighted by Gasteiger charge is -2.26. The van der Waals surface area contributed by atoms with Crippen LogP contribution in [0.4, 0.5) is 5.69 Å². The summed E-state index contributed by atoms with van der Waals surface area (Å²) in [5, 5.41) is 2.66. The molecule has 1 amide bonds. The smallest absolute Gasteiger partial charge is 0.273 e. The standard InChI is InChI=1S/C19H24N4O5S2/c1-3-22-8-7-17(24)21-19(22)29-14(2)18(25)20-15-5-4-6-16(13-15)30(26,27)23-9-11-28-12-10-23/h4-8,13-14H,3,9-12H2,1-2H3,(H,20,25)/t14-/m1/s1. The Kier molecular flexibility index (Phi) is 7.29. The highest BCUT2D eigenvalue weighted by molar-refractivity contribution is 8.00. The first-order chi connectivity index (χ1) is 14.3. The molecule has 0 saturated carbocycles. The van der Waals surface area contributed by atoms with E-state index in [1.165, 1.54) is 34.3 Å². The average molecular weight is 453 g/mol. The van der Waals surface area contributed by atoms with Crippen LogP contribution in [0.2, 0.25) is 0 Å². The lowest BCUT2D eigenvalue weighted by atomic mass is 10.3. The molecule has 1 N–H and O–H groups in total. The van der Waals surface area contributed by atoms with Gasteiger partial charge < -0.3 is 14.6 Å². The van der Waals surface area contributed by atoms with Crippen LogP contribution in [0.1, 0.15) is 13.8 Å². The van der Waals surface area contributed by atoms with Crippen LogP contribution in [0, 0.1) is 0 Å². The summed E-state index contributed by atoms with van der Waals surface area (Å²) in [5.41, 5.74) is 0.0199. The largest absolute Gasteiger partial charge is 0.379 e. The Hall–Kier alpha value is -2.21. The van der Waals surface area contributed by atoms with E-state index in [0.717, 1.165) is 0 Å². The maximum absolute atomic E-state index is 12.8. The van der Waals surface area contributed by atoms with Crippen molar-refractivity contribution in [2.45, 2.75) is 35.7 Å². The molecule has 1 aliphatic rings. The number of nitrogens with one attached hydrogen (secondary N) is 1. The summed E-state index contributed by atoms with van der Waals surface area (Å²) >= 11 is 1.17. The molecule has 0 unspecified atom stereocenters. The maximum atomic E-state index is 12.8. The Morgan fingerprint density at radius 1 is 1.30 bits per heavy atom. The number of morpholine rings is 1. The summed E-state index contributed by atoms with van der Waals surface area (Å²) in [7, 11) is -3.65. The fourth-order valence-corrected chi connectivity index (χ4v) is 5.28. The number of anilines is 1. The number of hydrogen-bond acceptors (Lipinski definition) is 7. The molecule has 1 aliphatic heterocycles. The summed E-state index contributed by atoms with van der Waals surface area (Å²) in [4.78, 5) is 28.3. The van der Waals surface area contributed by atoms with Gasteiger partial charge in [-0.2, -0.15) is 9.29 Å². The zero-order valence-electron chi connectivity index (χ0n) is 16.8. The Bertz CT molecular complexity index is 1060. The summed E-state index contributed by atoms with van der Waals surface area (Å²) in [6.07, 6.45) is 1.64. The number of aromatic nitrogens is 2. The molecule has 1 aromatic heterocycles. The molecule has 2 aromatic rings. The summed E-state index contributed by atoms with van der Waals surface area (Å²) in [5.74, 6) is -0.318.